The first-order chi connectivity index (χ1) is 13.8. The third-order valence-corrected chi connectivity index (χ3v) is 5.48. The average Bonchev–Trinajstić information content (AvgIpc) is 3.24. The molecule has 0 fully saturated rings. The number of benzene rings is 2. The summed E-state index contributed by atoms with van der Waals surface area (Å²) in [6.07, 6.45) is 0. The molecule has 0 radical (unpaired) electrons. The van der Waals surface area contributed by atoms with Crippen molar-refractivity contribution in [3.8, 4) is 11.4 Å². The molecule has 0 aliphatic heterocycles. The molecule has 0 atom stereocenters. The van der Waals surface area contributed by atoms with Crippen molar-refractivity contribution in [2.24, 2.45) is 0 Å². The standard InChI is InChI=1S/C25H25N3O/c1-15(2)28-20-9-7-6-8-19(20)26-23(28)16-10-12-21-18(14-16)17-11-13-22(25(3,4)5)27-24(17)29-21/h6-15H,1-5H3. The van der Waals surface area contributed by atoms with E-state index in [2.05, 4.69) is 81.7 Å². The molecule has 0 bridgehead atoms. The third kappa shape index (κ3) is 2.82. The molecule has 29 heavy (non-hydrogen) atoms. The first kappa shape index (κ1) is 17.9. The summed E-state index contributed by atoms with van der Waals surface area (Å²) in [5.41, 5.74) is 5.84. The number of nitrogens with zero attached hydrogens (tertiary/aromatic N) is 3. The Morgan fingerprint density at radius 1 is 0.897 bits per heavy atom. The van der Waals surface area contributed by atoms with Gasteiger partial charge in [0.1, 0.15) is 11.4 Å². The summed E-state index contributed by atoms with van der Waals surface area (Å²) in [5, 5.41) is 2.12. The highest BCUT2D eigenvalue weighted by atomic mass is 16.3. The Morgan fingerprint density at radius 2 is 1.69 bits per heavy atom. The zero-order valence-electron chi connectivity index (χ0n) is 17.5. The number of para-hydroxylation sites is 2. The second-order valence-corrected chi connectivity index (χ2v) is 9.00. The predicted molar refractivity (Wildman–Crippen MR) is 119 cm³/mol. The summed E-state index contributed by atoms with van der Waals surface area (Å²) in [6, 6.07) is 19.2. The number of aromatic nitrogens is 3. The largest absolute Gasteiger partial charge is 0.438 e. The highest BCUT2D eigenvalue weighted by molar-refractivity contribution is 6.05. The van der Waals surface area contributed by atoms with Crippen LogP contribution in [0.5, 0.6) is 0 Å². The van der Waals surface area contributed by atoms with E-state index >= 15 is 0 Å². The molecule has 146 valence electrons. The molecular weight excluding hydrogens is 358 g/mol. The smallest absolute Gasteiger partial charge is 0.227 e. The van der Waals surface area contributed by atoms with E-state index in [1.165, 1.54) is 0 Å². The first-order valence-corrected chi connectivity index (χ1v) is 10.1. The molecule has 4 heteroatoms. The number of furan rings is 1. The first-order valence-electron chi connectivity index (χ1n) is 10.1. The van der Waals surface area contributed by atoms with E-state index in [0.29, 0.717) is 11.8 Å². The van der Waals surface area contributed by atoms with Gasteiger partial charge in [-0.25, -0.2) is 9.97 Å². The van der Waals surface area contributed by atoms with Crippen LogP contribution in [0.3, 0.4) is 0 Å². The van der Waals surface area contributed by atoms with Gasteiger partial charge in [0.25, 0.3) is 0 Å². The molecule has 5 rings (SSSR count). The Bertz CT molecular complexity index is 1370. The van der Waals surface area contributed by atoms with Gasteiger partial charge in [0, 0.05) is 33.5 Å². The SMILES string of the molecule is CC(C)n1c(-c2ccc3oc4nc(C(C)(C)C)ccc4c3c2)nc2ccccc21. The lowest BCUT2D eigenvalue weighted by atomic mass is 9.91. The van der Waals surface area contributed by atoms with E-state index in [0.717, 1.165) is 44.5 Å². The number of hydrogen-bond donors (Lipinski definition) is 0. The van der Waals surface area contributed by atoms with Gasteiger partial charge in [-0.2, -0.15) is 0 Å². The molecule has 0 aliphatic rings. The normalized spacial score (nSPS) is 12.6. The molecule has 0 N–H and O–H groups in total. The van der Waals surface area contributed by atoms with Crippen molar-refractivity contribution in [2.75, 3.05) is 0 Å². The van der Waals surface area contributed by atoms with Crippen molar-refractivity contribution in [1.82, 2.24) is 14.5 Å². The van der Waals surface area contributed by atoms with E-state index < -0.39 is 0 Å². The second-order valence-electron chi connectivity index (χ2n) is 9.00. The molecule has 0 aliphatic carbocycles. The van der Waals surface area contributed by atoms with Gasteiger partial charge in [0.2, 0.25) is 5.71 Å². The van der Waals surface area contributed by atoms with Gasteiger partial charge in [-0.1, -0.05) is 32.9 Å². The van der Waals surface area contributed by atoms with Gasteiger partial charge in [0.15, 0.2) is 0 Å². The minimum absolute atomic E-state index is 0.0134. The van der Waals surface area contributed by atoms with Crippen LogP contribution >= 0.6 is 0 Å². The summed E-state index contributed by atoms with van der Waals surface area (Å²) in [7, 11) is 0. The summed E-state index contributed by atoms with van der Waals surface area (Å²) >= 11 is 0. The Balaban J connectivity index is 1.74. The van der Waals surface area contributed by atoms with E-state index in [-0.39, 0.29) is 5.41 Å². The van der Waals surface area contributed by atoms with E-state index in [9.17, 15) is 0 Å². The maximum absolute atomic E-state index is 6.08. The van der Waals surface area contributed by atoms with Crippen LogP contribution in [0.4, 0.5) is 0 Å². The maximum atomic E-state index is 6.08. The Hall–Kier alpha value is -3.14. The minimum Gasteiger partial charge on any atom is -0.438 e. The van der Waals surface area contributed by atoms with Gasteiger partial charge in [-0.15, -0.1) is 0 Å². The lowest BCUT2D eigenvalue weighted by Crippen LogP contribution is -2.12. The minimum atomic E-state index is -0.0134. The van der Waals surface area contributed by atoms with Crippen molar-refractivity contribution in [3.63, 3.8) is 0 Å². The third-order valence-electron chi connectivity index (χ3n) is 5.48. The number of hydrogen-bond acceptors (Lipinski definition) is 3. The van der Waals surface area contributed by atoms with E-state index in [1.54, 1.807) is 0 Å². The summed E-state index contributed by atoms with van der Waals surface area (Å²) in [5.74, 6) is 0.983. The molecule has 0 saturated heterocycles. The van der Waals surface area contributed by atoms with Crippen LogP contribution in [0.2, 0.25) is 0 Å². The second kappa shape index (κ2) is 6.18. The highest BCUT2D eigenvalue weighted by Crippen LogP contribution is 2.35. The Kier molecular flexibility index (Phi) is 3.82. The van der Waals surface area contributed by atoms with Gasteiger partial charge in [-0.3, -0.25) is 0 Å². The van der Waals surface area contributed by atoms with Crippen molar-refractivity contribution in [1.29, 1.82) is 0 Å². The zero-order chi connectivity index (χ0) is 20.3. The van der Waals surface area contributed by atoms with Crippen molar-refractivity contribution < 1.29 is 4.42 Å². The van der Waals surface area contributed by atoms with Crippen LogP contribution in [-0.4, -0.2) is 14.5 Å². The summed E-state index contributed by atoms with van der Waals surface area (Å²) in [6.45, 7) is 10.9. The lowest BCUT2D eigenvalue weighted by Gasteiger charge is -2.16. The molecule has 3 heterocycles. The fourth-order valence-electron chi connectivity index (χ4n) is 3.98. The molecule has 2 aromatic carbocycles. The topological polar surface area (TPSA) is 43.9 Å². The van der Waals surface area contributed by atoms with Gasteiger partial charge in [0.05, 0.1) is 11.0 Å². The van der Waals surface area contributed by atoms with Crippen LogP contribution < -0.4 is 0 Å². The van der Waals surface area contributed by atoms with Crippen LogP contribution in [-0.2, 0) is 5.41 Å². The number of imidazole rings is 1. The van der Waals surface area contributed by atoms with Gasteiger partial charge in [-0.05, 0) is 56.3 Å². The monoisotopic (exact) mass is 383 g/mol. The Labute approximate surface area is 170 Å². The molecule has 0 amide bonds. The van der Waals surface area contributed by atoms with Crippen molar-refractivity contribution in [2.45, 2.75) is 46.1 Å². The predicted octanol–water partition coefficient (Wildman–Crippen LogP) is 6.88. The van der Waals surface area contributed by atoms with Crippen LogP contribution in [0.25, 0.3) is 44.5 Å². The molecule has 0 spiro atoms. The molecule has 5 aromatic rings. The van der Waals surface area contributed by atoms with Crippen LogP contribution in [0.15, 0.2) is 59.0 Å². The van der Waals surface area contributed by atoms with Gasteiger partial charge >= 0.3 is 0 Å². The van der Waals surface area contributed by atoms with Crippen LogP contribution in [0.1, 0.15) is 46.4 Å². The molecule has 4 nitrogen and oxygen atoms in total. The fourth-order valence-corrected chi connectivity index (χ4v) is 3.98. The number of pyridine rings is 1. The zero-order valence-corrected chi connectivity index (χ0v) is 17.5. The van der Waals surface area contributed by atoms with E-state index in [4.69, 9.17) is 14.4 Å². The van der Waals surface area contributed by atoms with Crippen LogP contribution in [0, 0.1) is 0 Å². The summed E-state index contributed by atoms with van der Waals surface area (Å²) < 4.78 is 8.38. The molecule has 3 aromatic heterocycles. The molecular formula is C25H25N3O. The quantitative estimate of drug-likeness (QED) is 0.334. The molecule has 0 unspecified atom stereocenters. The van der Waals surface area contributed by atoms with Gasteiger partial charge < -0.3 is 8.98 Å². The fraction of sp³-hybridized carbons (Fsp3) is 0.280. The number of rotatable bonds is 2. The maximum Gasteiger partial charge on any atom is 0.227 e. The Morgan fingerprint density at radius 3 is 2.45 bits per heavy atom. The highest BCUT2D eigenvalue weighted by Gasteiger charge is 2.19. The van der Waals surface area contributed by atoms with Crippen molar-refractivity contribution >= 4 is 33.1 Å². The van der Waals surface area contributed by atoms with E-state index in [1.807, 2.05) is 12.1 Å². The number of fused-ring (bicyclic) bond motifs is 4. The van der Waals surface area contributed by atoms with Crippen molar-refractivity contribution in [3.05, 3.63) is 60.3 Å². The lowest BCUT2D eigenvalue weighted by molar-refractivity contribution is 0.562. The average molecular weight is 383 g/mol. The summed E-state index contributed by atoms with van der Waals surface area (Å²) in [4.78, 5) is 9.72. The molecule has 0 saturated carbocycles.